The van der Waals surface area contributed by atoms with E-state index in [2.05, 4.69) is 66.2 Å². The highest BCUT2D eigenvalue weighted by Crippen LogP contribution is 2.39. The maximum Gasteiger partial charge on any atom is 0.103 e. The average molecular weight is 313 g/mol. The fraction of sp³-hybridized carbons (Fsp3) is 0.238. The summed E-state index contributed by atoms with van der Waals surface area (Å²) in [5.41, 5.74) is 7.63. The van der Waals surface area contributed by atoms with Crippen molar-refractivity contribution in [1.82, 2.24) is 4.98 Å². The molecule has 2 aromatic carbocycles. The molecule has 118 valence electrons. The lowest BCUT2D eigenvalue weighted by Crippen LogP contribution is -2.25. The monoisotopic (exact) mass is 313 g/mol. The largest absolute Gasteiger partial charge is 0.340 e. The Bertz CT molecular complexity index is 982. The molecule has 0 saturated heterocycles. The van der Waals surface area contributed by atoms with Crippen molar-refractivity contribution in [2.45, 2.75) is 26.7 Å². The SMILES string of the molecule is Cc1ccc2c(c1)CCCN2c1c(C#N)cnc2cc(C)ccc12. The van der Waals surface area contributed by atoms with Gasteiger partial charge in [0.2, 0.25) is 0 Å². The number of nitrogens with zero attached hydrogens (tertiary/aromatic N) is 3. The maximum absolute atomic E-state index is 9.64. The summed E-state index contributed by atoms with van der Waals surface area (Å²) in [4.78, 5) is 6.79. The third-order valence-corrected chi connectivity index (χ3v) is 4.74. The third kappa shape index (κ3) is 2.32. The Morgan fingerprint density at radius 3 is 2.71 bits per heavy atom. The number of anilines is 2. The molecule has 1 aliphatic rings. The topological polar surface area (TPSA) is 39.9 Å². The van der Waals surface area contributed by atoms with Gasteiger partial charge in [0.05, 0.1) is 16.8 Å². The van der Waals surface area contributed by atoms with Crippen LogP contribution in [-0.4, -0.2) is 11.5 Å². The lowest BCUT2D eigenvalue weighted by molar-refractivity contribution is 0.767. The van der Waals surface area contributed by atoms with Gasteiger partial charge in [-0.2, -0.15) is 5.26 Å². The second-order valence-electron chi connectivity index (χ2n) is 6.54. The Hall–Kier alpha value is -2.86. The van der Waals surface area contributed by atoms with E-state index in [9.17, 15) is 5.26 Å². The van der Waals surface area contributed by atoms with Crippen LogP contribution in [0.5, 0.6) is 0 Å². The van der Waals surface area contributed by atoms with Crippen molar-refractivity contribution in [3.63, 3.8) is 0 Å². The molecule has 0 aliphatic carbocycles. The van der Waals surface area contributed by atoms with E-state index in [-0.39, 0.29) is 0 Å². The average Bonchev–Trinajstić information content (AvgIpc) is 2.59. The quantitative estimate of drug-likeness (QED) is 0.647. The van der Waals surface area contributed by atoms with E-state index in [1.807, 2.05) is 0 Å². The van der Waals surface area contributed by atoms with Crippen LogP contribution >= 0.6 is 0 Å². The Balaban J connectivity index is 1.99. The van der Waals surface area contributed by atoms with Crippen molar-refractivity contribution in [3.05, 3.63) is 64.8 Å². The van der Waals surface area contributed by atoms with Gasteiger partial charge in [-0.1, -0.05) is 29.8 Å². The van der Waals surface area contributed by atoms with Crippen molar-refractivity contribution in [1.29, 1.82) is 5.26 Å². The predicted octanol–water partition coefficient (Wildman–Crippen LogP) is 4.81. The van der Waals surface area contributed by atoms with Crippen LogP contribution in [0.15, 0.2) is 42.6 Å². The van der Waals surface area contributed by atoms with Crippen molar-refractivity contribution in [3.8, 4) is 6.07 Å². The fourth-order valence-corrected chi connectivity index (χ4v) is 3.62. The Morgan fingerprint density at radius 1 is 1.08 bits per heavy atom. The fourth-order valence-electron chi connectivity index (χ4n) is 3.62. The standard InChI is InChI=1S/C21H19N3/c1-14-6-8-20-16(10-14)4-3-9-24(20)21-17(12-22)13-23-19-11-15(2)5-7-18(19)21/h5-8,10-11,13H,3-4,9H2,1-2H3. The lowest BCUT2D eigenvalue weighted by Gasteiger charge is -2.33. The molecule has 24 heavy (non-hydrogen) atoms. The van der Waals surface area contributed by atoms with Crippen LogP contribution < -0.4 is 4.90 Å². The van der Waals surface area contributed by atoms with Crippen LogP contribution in [0, 0.1) is 25.2 Å². The molecule has 3 heteroatoms. The number of nitriles is 1. The summed E-state index contributed by atoms with van der Waals surface area (Å²) in [5.74, 6) is 0. The minimum atomic E-state index is 0.639. The number of aryl methyl sites for hydroxylation is 3. The van der Waals surface area contributed by atoms with Gasteiger partial charge in [-0.15, -0.1) is 0 Å². The molecule has 4 rings (SSSR count). The summed E-state index contributed by atoms with van der Waals surface area (Å²) in [6.07, 6.45) is 3.90. The molecule has 1 aromatic heterocycles. The number of aromatic nitrogens is 1. The van der Waals surface area contributed by atoms with Crippen molar-refractivity contribution < 1.29 is 0 Å². The van der Waals surface area contributed by atoms with Crippen LogP contribution in [0.1, 0.15) is 28.7 Å². The highest BCUT2D eigenvalue weighted by molar-refractivity contribution is 5.97. The number of rotatable bonds is 1. The van der Waals surface area contributed by atoms with E-state index in [1.165, 1.54) is 22.4 Å². The molecular formula is C21H19N3. The molecule has 3 nitrogen and oxygen atoms in total. The lowest BCUT2D eigenvalue weighted by atomic mass is 9.97. The van der Waals surface area contributed by atoms with Gasteiger partial charge in [0, 0.05) is 23.8 Å². The predicted molar refractivity (Wildman–Crippen MR) is 97.7 cm³/mol. The van der Waals surface area contributed by atoms with Crippen molar-refractivity contribution in [2.75, 3.05) is 11.4 Å². The Kier molecular flexibility index (Phi) is 3.46. The normalized spacial score (nSPS) is 13.6. The zero-order valence-corrected chi connectivity index (χ0v) is 14.0. The van der Waals surface area contributed by atoms with E-state index in [1.54, 1.807) is 6.20 Å². The molecule has 0 atom stereocenters. The van der Waals surface area contributed by atoms with Gasteiger partial charge in [-0.25, -0.2) is 0 Å². The van der Waals surface area contributed by atoms with E-state index in [0.717, 1.165) is 36.0 Å². The summed E-state index contributed by atoms with van der Waals surface area (Å²) in [6, 6.07) is 15.2. The number of pyridine rings is 1. The molecular weight excluding hydrogens is 294 g/mol. The molecule has 3 aromatic rings. The van der Waals surface area contributed by atoms with Crippen LogP contribution in [0.4, 0.5) is 11.4 Å². The number of fused-ring (bicyclic) bond motifs is 2. The molecule has 0 fully saturated rings. The molecule has 0 spiro atoms. The summed E-state index contributed by atoms with van der Waals surface area (Å²) < 4.78 is 0. The number of hydrogen-bond donors (Lipinski definition) is 0. The molecule has 0 radical (unpaired) electrons. The smallest absolute Gasteiger partial charge is 0.103 e. The van der Waals surface area contributed by atoms with Crippen LogP contribution in [0.2, 0.25) is 0 Å². The summed E-state index contributed by atoms with van der Waals surface area (Å²) in [6.45, 7) is 5.13. The summed E-state index contributed by atoms with van der Waals surface area (Å²) >= 11 is 0. The van der Waals surface area contributed by atoms with Gasteiger partial charge in [-0.3, -0.25) is 4.98 Å². The molecule has 0 bridgehead atoms. The first-order valence-corrected chi connectivity index (χ1v) is 8.34. The zero-order chi connectivity index (χ0) is 16.7. The molecule has 0 amide bonds. The summed E-state index contributed by atoms with van der Waals surface area (Å²) in [7, 11) is 0. The minimum absolute atomic E-state index is 0.639. The maximum atomic E-state index is 9.64. The number of benzene rings is 2. The van der Waals surface area contributed by atoms with E-state index in [4.69, 9.17) is 0 Å². The van der Waals surface area contributed by atoms with Crippen LogP contribution in [0.25, 0.3) is 10.9 Å². The molecule has 1 aliphatic heterocycles. The first-order valence-electron chi connectivity index (χ1n) is 8.34. The van der Waals surface area contributed by atoms with E-state index >= 15 is 0 Å². The second-order valence-corrected chi connectivity index (χ2v) is 6.54. The van der Waals surface area contributed by atoms with Crippen LogP contribution in [-0.2, 0) is 6.42 Å². The van der Waals surface area contributed by atoms with E-state index in [0.29, 0.717) is 5.56 Å². The first kappa shape index (κ1) is 14.7. The first-order chi connectivity index (χ1) is 11.7. The molecule has 2 heterocycles. The molecule has 0 N–H and O–H groups in total. The van der Waals surface area contributed by atoms with Crippen molar-refractivity contribution >= 4 is 22.3 Å². The van der Waals surface area contributed by atoms with Gasteiger partial charge < -0.3 is 4.90 Å². The van der Waals surface area contributed by atoms with Gasteiger partial charge in [0.15, 0.2) is 0 Å². The number of hydrogen-bond acceptors (Lipinski definition) is 3. The Labute approximate surface area is 142 Å². The minimum Gasteiger partial charge on any atom is -0.340 e. The third-order valence-electron chi connectivity index (χ3n) is 4.74. The summed E-state index contributed by atoms with van der Waals surface area (Å²) in [5, 5.41) is 10.7. The van der Waals surface area contributed by atoms with E-state index < -0.39 is 0 Å². The van der Waals surface area contributed by atoms with Gasteiger partial charge in [-0.05, 0) is 49.9 Å². The zero-order valence-electron chi connectivity index (χ0n) is 14.0. The van der Waals surface area contributed by atoms with Gasteiger partial charge in [0.25, 0.3) is 0 Å². The molecule has 0 unspecified atom stereocenters. The van der Waals surface area contributed by atoms with Crippen molar-refractivity contribution in [2.24, 2.45) is 0 Å². The molecule has 0 saturated carbocycles. The Morgan fingerprint density at radius 2 is 1.88 bits per heavy atom. The highest BCUT2D eigenvalue weighted by Gasteiger charge is 2.23. The van der Waals surface area contributed by atoms with Gasteiger partial charge in [0.1, 0.15) is 6.07 Å². The van der Waals surface area contributed by atoms with Crippen LogP contribution in [0.3, 0.4) is 0 Å². The second kappa shape index (κ2) is 5.65. The van der Waals surface area contributed by atoms with Gasteiger partial charge >= 0.3 is 0 Å². The highest BCUT2D eigenvalue weighted by atomic mass is 15.1.